The van der Waals surface area contributed by atoms with Crippen molar-refractivity contribution in [3.8, 4) is 5.88 Å². The zero-order valence-electron chi connectivity index (χ0n) is 23.4. The van der Waals surface area contributed by atoms with E-state index in [1.165, 1.54) is 12.3 Å². The number of carbonyl (C=O) groups is 2. The van der Waals surface area contributed by atoms with Crippen molar-refractivity contribution in [2.24, 2.45) is 17.8 Å². The summed E-state index contributed by atoms with van der Waals surface area (Å²) in [5.74, 6) is 0.749. The molecule has 6 rings (SSSR count). The second-order valence-corrected chi connectivity index (χ2v) is 12.9. The monoisotopic (exact) mass is 752 g/mol. The quantitative estimate of drug-likeness (QED) is 0.276. The molecule has 2 unspecified atom stereocenters. The van der Waals surface area contributed by atoms with Crippen LogP contribution in [0.1, 0.15) is 85.1 Å². The zero-order valence-corrected chi connectivity index (χ0v) is 27.3. The maximum atomic E-state index is 14.1. The van der Waals surface area contributed by atoms with Crippen LogP contribution in [0.2, 0.25) is 0 Å². The van der Waals surface area contributed by atoms with Gasteiger partial charge in [-0.05, 0) is 63.4 Å². The summed E-state index contributed by atoms with van der Waals surface area (Å²) in [5.41, 5.74) is 4.17. The van der Waals surface area contributed by atoms with Crippen LogP contribution in [0.15, 0.2) is 42.7 Å². The van der Waals surface area contributed by atoms with Crippen molar-refractivity contribution in [2.45, 2.75) is 70.4 Å². The number of amides is 2. The first-order chi connectivity index (χ1) is 19.8. The van der Waals surface area contributed by atoms with E-state index in [1.807, 2.05) is 32.0 Å². The van der Waals surface area contributed by atoms with E-state index in [9.17, 15) is 14.0 Å². The molecule has 3 radical (unpaired) electrons. The van der Waals surface area contributed by atoms with Crippen LogP contribution < -0.4 is 15.4 Å². The van der Waals surface area contributed by atoms with Gasteiger partial charge in [-0.15, -0.1) is 0 Å². The van der Waals surface area contributed by atoms with E-state index in [4.69, 9.17) is 4.74 Å². The molecule has 8 nitrogen and oxygen atoms in total. The summed E-state index contributed by atoms with van der Waals surface area (Å²) in [4.78, 5) is 31.5. The number of fused-ring (bicyclic) bond motifs is 1. The number of aryl methyl sites for hydroxylation is 1. The molecule has 10 heteroatoms. The Kier molecular flexibility index (Phi) is 8.15. The number of rotatable bonds is 11. The van der Waals surface area contributed by atoms with Gasteiger partial charge < -0.3 is 5.32 Å². The molecule has 1 aromatic carbocycles. The van der Waals surface area contributed by atoms with Gasteiger partial charge in [-0.1, -0.05) is 0 Å². The molecule has 2 atom stereocenters. The summed E-state index contributed by atoms with van der Waals surface area (Å²) in [6.45, 7) is 3.96. The number of anilines is 1. The Morgan fingerprint density at radius 3 is 2.54 bits per heavy atom. The third-order valence-electron chi connectivity index (χ3n) is 8.60. The summed E-state index contributed by atoms with van der Waals surface area (Å²) in [6.07, 6.45) is 8.87. The van der Waals surface area contributed by atoms with Gasteiger partial charge in [-0.3, -0.25) is 9.48 Å². The van der Waals surface area contributed by atoms with Crippen LogP contribution in [0.4, 0.5) is 10.1 Å². The summed E-state index contributed by atoms with van der Waals surface area (Å²) in [5, 5.41) is 10.6. The molecule has 0 aliphatic heterocycles. The van der Waals surface area contributed by atoms with E-state index in [1.54, 1.807) is 16.9 Å². The molecule has 0 bridgehead atoms. The fraction of sp³-hybridized carbons (Fsp3) is 0.484. The molecule has 2 fully saturated rings. The van der Waals surface area contributed by atoms with Crippen molar-refractivity contribution < 1.29 is 18.7 Å². The van der Waals surface area contributed by atoms with E-state index in [2.05, 4.69) is 20.7 Å². The largest absolute Gasteiger partial charge is 0.0498 e. The first kappa shape index (κ1) is 28.3. The van der Waals surface area contributed by atoms with Crippen LogP contribution in [0.5, 0.6) is 5.88 Å². The number of aromatic nitrogens is 3. The van der Waals surface area contributed by atoms with E-state index < -0.39 is 6.04 Å². The second-order valence-electron chi connectivity index (χ2n) is 11.8. The SMILES string of the molecule is CC(C)n1nccc1C(=O)NC(C(=O)Nc1ccc2c(c1)CCC2c1cc(F)cnc1O[CH2][Pb])C(C1CC1)C1CC1. The first-order valence-corrected chi connectivity index (χ1v) is 17.3. The minimum absolute atomic E-state index is 0.00636. The maximum Gasteiger partial charge on any atom is -0.00623 e. The Labute approximate surface area is 255 Å². The van der Waals surface area contributed by atoms with E-state index in [-0.39, 0.29) is 35.5 Å². The molecule has 3 aliphatic carbocycles. The van der Waals surface area contributed by atoms with Gasteiger partial charge in [0, 0.05) is 12.2 Å². The smallest absolute Gasteiger partial charge is 0.00623 e. The molecular formula is C31H35FN5O3Pb. The standard InChI is InChI=1S/C31H35FN5O3.Pb/c1-17(2)37-26(12-13-34-37)29(38)36-28(27(18-4-5-18)19-6-7-19)30(39)35-22-9-11-23-20(14-22)8-10-24(23)25-15-21(32)16-33-31(25)40-3;/h9,11-19,24,27-28H,3-8,10H2,1-2H3,(H,35,39)(H,36,38);. The summed E-state index contributed by atoms with van der Waals surface area (Å²) >= 11 is 0.864. The molecule has 0 spiro atoms. The molecule has 3 aliphatic rings. The number of hydrogen-bond donors (Lipinski definition) is 2. The van der Waals surface area contributed by atoms with Gasteiger partial charge in [-0.2, -0.15) is 5.10 Å². The molecule has 41 heavy (non-hydrogen) atoms. The predicted molar refractivity (Wildman–Crippen MR) is 153 cm³/mol. The molecular weight excluding hydrogens is 717 g/mol. The van der Waals surface area contributed by atoms with Gasteiger partial charge in [-0.25, -0.2) is 0 Å². The Morgan fingerprint density at radius 2 is 1.85 bits per heavy atom. The van der Waals surface area contributed by atoms with Gasteiger partial charge in [0.1, 0.15) is 5.69 Å². The van der Waals surface area contributed by atoms with Crippen LogP contribution in [-0.2, 0) is 11.2 Å². The maximum absolute atomic E-state index is 14.1. The van der Waals surface area contributed by atoms with Gasteiger partial charge in [0.15, 0.2) is 0 Å². The van der Waals surface area contributed by atoms with Crippen LogP contribution in [0.25, 0.3) is 0 Å². The van der Waals surface area contributed by atoms with Gasteiger partial charge in [0.25, 0.3) is 5.91 Å². The van der Waals surface area contributed by atoms with E-state index in [0.717, 1.165) is 81.0 Å². The number of ether oxygens (including phenoxy) is 1. The van der Waals surface area contributed by atoms with E-state index >= 15 is 0 Å². The van der Waals surface area contributed by atoms with Crippen LogP contribution in [0.3, 0.4) is 0 Å². The number of halogens is 1. The van der Waals surface area contributed by atoms with Crippen molar-refractivity contribution in [2.75, 3.05) is 9.48 Å². The van der Waals surface area contributed by atoms with Gasteiger partial charge >= 0.3 is 149 Å². The molecule has 213 valence electrons. The molecule has 2 heterocycles. The Balaban J connectivity index is 1.23. The number of carbonyl (C=O) groups excluding carboxylic acids is 2. The summed E-state index contributed by atoms with van der Waals surface area (Å²) in [6, 6.07) is 8.60. The van der Waals surface area contributed by atoms with Gasteiger partial charge in [0.05, 0.1) is 0 Å². The van der Waals surface area contributed by atoms with Crippen molar-refractivity contribution in [1.82, 2.24) is 20.1 Å². The Bertz CT molecular complexity index is 1440. The second kappa shape index (κ2) is 11.8. The van der Waals surface area contributed by atoms with Crippen molar-refractivity contribution >= 4 is 43.3 Å². The first-order valence-electron chi connectivity index (χ1n) is 14.5. The topological polar surface area (TPSA) is 98.1 Å². The fourth-order valence-electron chi connectivity index (χ4n) is 6.47. The minimum Gasteiger partial charge on any atom is -0.0498 e. The molecule has 2 amide bonds. The van der Waals surface area contributed by atoms with Crippen molar-refractivity contribution in [3.63, 3.8) is 0 Å². The molecule has 3 aromatic rings. The third kappa shape index (κ3) is 6.05. The number of benzene rings is 1. The van der Waals surface area contributed by atoms with Crippen molar-refractivity contribution in [3.05, 3.63) is 70.9 Å². The predicted octanol–water partition coefficient (Wildman–Crippen LogP) is 4.75. The Morgan fingerprint density at radius 1 is 1.10 bits per heavy atom. The molecule has 0 saturated heterocycles. The van der Waals surface area contributed by atoms with Gasteiger partial charge in [0.2, 0.25) is 0 Å². The van der Waals surface area contributed by atoms with Crippen molar-refractivity contribution in [1.29, 1.82) is 0 Å². The number of nitrogens with zero attached hydrogens (tertiary/aromatic N) is 3. The summed E-state index contributed by atoms with van der Waals surface area (Å²) < 4.78 is 22.2. The average Bonchev–Trinajstić information content (AvgIpc) is 3.87. The average molecular weight is 752 g/mol. The Hall–Kier alpha value is -2.83. The normalized spacial score (nSPS) is 18.8. The zero-order chi connectivity index (χ0) is 28.7. The number of hydrogen-bond acceptors (Lipinski definition) is 5. The van der Waals surface area contributed by atoms with Crippen LogP contribution >= 0.6 is 0 Å². The molecule has 2 aromatic heterocycles. The molecule has 2 saturated carbocycles. The third-order valence-corrected chi connectivity index (χ3v) is 9.16. The number of pyridine rings is 1. The minimum atomic E-state index is -0.616. The molecule has 2 N–H and O–H groups in total. The van der Waals surface area contributed by atoms with Crippen LogP contribution in [-0.4, -0.2) is 62.6 Å². The summed E-state index contributed by atoms with van der Waals surface area (Å²) in [7, 11) is 0. The fourth-order valence-corrected chi connectivity index (χ4v) is 7.00. The van der Waals surface area contributed by atoms with Crippen LogP contribution in [0, 0.1) is 23.6 Å². The van der Waals surface area contributed by atoms with E-state index in [0.29, 0.717) is 33.3 Å². The number of nitrogens with one attached hydrogen (secondary N) is 2.